The van der Waals surface area contributed by atoms with Gasteiger partial charge >= 0.3 is 0 Å². The highest BCUT2D eigenvalue weighted by Crippen LogP contribution is 2.25. The fraction of sp³-hybridized carbons (Fsp3) is 0.409. The van der Waals surface area contributed by atoms with Crippen molar-refractivity contribution < 1.29 is 9.47 Å². The molecule has 0 unspecified atom stereocenters. The zero-order valence-corrected chi connectivity index (χ0v) is 16.8. The van der Waals surface area contributed by atoms with Crippen molar-refractivity contribution in [3.63, 3.8) is 0 Å². The Bertz CT molecular complexity index is 773. The van der Waals surface area contributed by atoms with Crippen LogP contribution in [0.25, 0.3) is 0 Å². The number of rotatable bonds is 7. The quantitative estimate of drug-likeness (QED) is 0.570. The van der Waals surface area contributed by atoms with Gasteiger partial charge in [0.2, 0.25) is 0 Å². The second-order valence-electron chi connectivity index (χ2n) is 6.83. The van der Waals surface area contributed by atoms with Gasteiger partial charge in [-0.2, -0.15) is 0 Å². The molecule has 0 radical (unpaired) electrons. The van der Waals surface area contributed by atoms with Crippen LogP contribution in [-0.2, 0) is 11.3 Å². The summed E-state index contributed by atoms with van der Waals surface area (Å²) in [5.41, 5.74) is 2.26. The maximum absolute atomic E-state index is 6.10. The van der Waals surface area contributed by atoms with Crippen LogP contribution in [0.3, 0.4) is 0 Å². The molecule has 0 bridgehead atoms. The molecule has 1 aliphatic heterocycles. The molecule has 2 N–H and O–H groups in total. The van der Waals surface area contributed by atoms with E-state index in [-0.39, 0.29) is 0 Å². The van der Waals surface area contributed by atoms with E-state index in [4.69, 9.17) is 9.47 Å². The van der Waals surface area contributed by atoms with E-state index in [0.717, 1.165) is 62.4 Å². The number of ether oxygens (including phenoxy) is 2. The fourth-order valence-corrected chi connectivity index (χ4v) is 3.11. The first kappa shape index (κ1) is 20.2. The first-order valence-electron chi connectivity index (χ1n) is 9.81. The molecule has 3 rings (SSSR count). The van der Waals surface area contributed by atoms with E-state index in [2.05, 4.69) is 39.6 Å². The van der Waals surface area contributed by atoms with Crippen molar-refractivity contribution in [2.75, 3.05) is 46.4 Å². The largest absolute Gasteiger partial charge is 0.457 e. The fourth-order valence-electron chi connectivity index (χ4n) is 3.11. The van der Waals surface area contributed by atoms with Crippen molar-refractivity contribution in [1.82, 2.24) is 15.5 Å². The highest BCUT2D eigenvalue weighted by atomic mass is 16.5. The number of benzene rings is 2. The second kappa shape index (κ2) is 10.7. The molecule has 1 aliphatic rings. The van der Waals surface area contributed by atoms with Crippen molar-refractivity contribution in [3.8, 4) is 11.5 Å². The average Bonchev–Trinajstić information content (AvgIpc) is 2.72. The Kier molecular flexibility index (Phi) is 7.70. The number of guanidine groups is 1. The van der Waals surface area contributed by atoms with E-state index >= 15 is 0 Å². The highest BCUT2D eigenvalue weighted by Gasteiger charge is 2.10. The van der Waals surface area contributed by atoms with Gasteiger partial charge in [-0.3, -0.25) is 9.89 Å². The number of nitrogens with zero attached hydrogens (tertiary/aromatic N) is 2. The molecule has 6 nitrogen and oxygen atoms in total. The SMILES string of the molecule is CN=C(NCCN1CCOCC1)NCc1ccccc1Oc1cccc(C)c1. The Morgan fingerprint density at radius 1 is 1.11 bits per heavy atom. The first-order valence-corrected chi connectivity index (χ1v) is 9.81. The minimum absolute atomic E-state index is 0.638. The lowest BCUT2D eigenvalue weighted by atomic mass is 10.2. The molecule has 0 spiro atoms. The van der Waals surface area contributed by atoms with Crippen molar-refractivity contribution >= 4 is 5.96 Å². The van der Waals surface area contributed by atoms with Crippen molar-refractivity contribution in [1.29, 1.82) is 0 Å². The Labute approximate surface area is 167 Å². The molecule has 150 valence electrons. The lowest BCUT2D eigenvalue weighted by Gasteiger charge is -2.26. The lowest BCUT2D eigenvalue weighted by Crippen LogP contribution is -2.44. The molecule has 0 aromatic heterocycles. The predicted molar refractivity (Wildman–Crippen MR) is 113 cm³/mol. The average molecular weight is 383 g/mol. The van der Waals surface area contributed by atoms with Gasteiger partial charge in [-0.1, -0.05) is 30.3 Å². The summed E-state index contributed by atoms with van der Waals surface area (Å²) in [6, 6.07) is 16.2. The number of hydrogen-bond acceptors (Lipinski definition) is 4. The molecule has 0 amide bonds. The molecule has 0 aliphatic carbocycles. The Morgan fingerprint density at radius 2 is 1.93 bits per heavy atom. The second-order valence-corrected chi connectivity index (χ2v) is 6.83. The number of para-hydroxylation sites is 1. The number of aryl methyl sites for hydroxylation is 1. The van der Waals surface area contributed by atoms with Crippen LogP contribution in [0, 0.1) is 6.92 Å². The van der Waals surface area contributed by atoms with Gasteiger partial charge in [-0.25, -0.2) is 0 Å². The van der Waals surface area contributed by atoms with Crippen LogP contribution < -0.4 is 15.4 Å². The van der Waals surface area contributed by atoms with Crippen molar-refractivity contribution in [2.24, 2.45) is 4.99 Å². The van der Waals surface area contributed by atoms with Gasteiger partial charge in [0, 0.05) is 45.3 Å². The van der Waals surface area contributed by atoms with E-state index in [1.54, 1.807) is 7.05 Å². The zero-order valence-electron chi connectivity index (χ0n) is 16.8. The molecule has 1 saturated heterocycles. The third-order valence-corrected chi connectivity index (χ3v) is 4.68. The summed E-state index contributed by atoms with van der Waals surface area (Å²) < 4.78 is 11.5. The maximum Gasteiger partial charge on any atom is 0.191 e. The van der Waals surface area contributed by atoms with Crippen LogP contribution in [-0.4, -0.2) is 57.3 Å². The molecule has 2 aromatic rings. The maximum atomic E-state index is 6.10. The summed E-state index contributed by atoms with van der Waals surface area (Å²) >= 11 is 0. The van der Waals surface area contributed by atoms with Crippen LogP contribution in [0.4, 0.5) is 0 Å². The predicted octanol–water partition coefficient (Wildman–Crippen LogP) is 2.78. The van der Waals surface area contributed by atoms with E-state index in [0.29, 0.717) is 6.54 Å². The standard InChI is InChI=1S/C22H30N4O2/c1-18-6-5-8-20(16-18)28-21-9-4-3-7-19(21)17-25-22(23-2)24-10-11-26-12-14-27-15-13-26/h3-9,16H,10-15,17H2,1-2H3,(H2,23,24,25). The van der Waals surface area contributed by atoms with Gasteiger partial charge in [-0.15, -0.1) is 0 Å². The van der Waals surface area contributed by atoms with Crippen LogP contribution in [0.5, 0.6) is 11.5 Å². The number of nitrogens with one attached hydrogen (secondary N) is 2. The summed E-state index contributed by atoms with van der Waals surface area (Å²) in [5, 5.41) is 6.76. The molecular weight excluding hydrogens is 352 g/mol. The molecule has 0 saturated carbocycles. The Hall–Kier alpha value is -2.57. The summed E-state index contributed by atoms with van der Waals surface area (Å²) in [6.07, 6.45) is 0. The summed E-state index contributed by atoms with van der Waals surface area (Å²) in [7, 11) is 1.79. The molecular formula is C22H30N4O2. The third kappa shape index (κ3) is 6.25. The van der Waals surface area contributed by atoms with Crippen molar-refractivity contribution in [3.05, 3.63) is 59.7 Å². The summed E-state index contributed by atoms with van der Waals surface area (Å²) in [4.78, 5) is 6.72. The van der Waals surface area contributed by atoms with Crippen LogP contribution >= 0.6 is 0 Å². The number of hydrogen-bond donors (Lipinski definition) is 2. The highest BCUT2D eigenvalue weighted by molar-refractivity contribution is 5.79. The molecule has 28 heavy (non-hydrogen) atoms. The molecule has 0 atom stereocenters. The van der Waals surface area contributed by atoms with Crippen LogP contribution in [0.1, 0.15) is 11.1 Å². The van der Waals surface area contributed by atoms with E-state index < -0.39 is 0 Å². The molecule has 6 heteroatoms. The van der Waals surface area contributed by atoms with Gasteiger partial charge in [0.15, 0.2) is 5.96 Å². The van der Waals surface area contributed by atoms with Gasteiger partial charge in [0.25, 0.3) is 0 Å². The van der Waals surface area contributed by atoms with Gasteiger partial charge in [0.05, 0.1) is 13.2 Å². The van der Waals surface area contributed by atoms with Gasteiger partial charge in [-0.05, 0) is 30.7 Å². The smallest absolute Gasteiger partial charge is 0.191 e. The minimum atomic E-state index is 0.638. The summed E-state index contributed by atoms with van der Waals surface area (Å²) in [6.45, 7) is 8.18. The monoisotopic (exact) mass is 382 g/mol. The minimum Gasteiger partial charge on any atom is -0.457 e. The normalized spacial score (nSPS) is 15.3. The topological polar surface area (TPSA) is 58.1 Å². The van der Waals surface area contributed by atoms with E-state index in [1.807, 2.05) is 36.4 Å². The Morgan fingerprint density at radius 3 is 2.71 bits per heavy atom. The molecule has 1 heterocycles. The van der Waals surface area contributed by atoms with Gasteiger partial charge < -0.3 is 20.1 Å². The molecule has 1 fully saturated rings. The summed E-state index contributed by atoms with van der Waals surface area (Å²) in [5.74, 6) is 2.49. The lowest BCUT2D eigenvalue weighted by molar-refractivity contribution is 0.0389. The molecule has 2 aromatic carbocycles. The van der Waals surface area contributed by atoms with Crippen LogP contribution in [0.2, 0.25) is 0 Å². The van der Waals surface area contributed by atoms with E-state index in [1.165, 1.54) is 5.56 Å². The number of aliphatic imine (C=N–C) groups is 1. The van der Waals surface area contributed by atoms with Gasteiger partial charge in [0.1, 0.15) is 11.5 Å². The number of morpholine rings is 1. The van der Waals surface area contributed by atoms with E-state index in [9.17, 15) is 0 Å². The first-order chi connectivity index (χ1) is 13.7. The Balaban J connectivity index is 1.51. The third-order valence-electron chi connectivity index (χ3n) is 4.68. The van der Waals surface area contributed by atoms with Crippen LogP contribution in [0.15, 0.2) is 53.5 Å². The zero-order chi connectivity index (χ0) is 19.6. The van der Waals surface area contributed by atoms with Crippen molar-refractivity contribution in [2.45, 2.75) is 13.5 Å².